The van der Waals surface area contributed by atoms with Gasteiger partial charge in [0.05, 0.1) is 12.8 Å². The summed E-state index contributed by atoms with van der Waals surface area (Å²) in [5.74, 6) is 0.750. The Morgan fingerprint density at radius 1 is 1.35 bits per heavy atom. The number of carbonyl (C=O) groups is 2. The van der Waals surface area contributed by atoms with E-state index in [1.54, 1.807) is 6.92 Å². The predicted octanol–water partition coefficient (Wildman–Crippen LogP) is 3.04. The summed E-state index contributed by atoms with van der Waals surface area (Å²) in [6.07, 6.45) is 0. The Kier molecular flexibility index (Phi) is 5.20. The van der Waals surface area contributed by atoms with Crippen LogP contribution in [0.25, 0.3) is 10.8 Å². The molecule has 2 heterocycles. The second-order valence-corrected chi connectivity index (χ2v) is 6.45. The topological polar surface area (TPSA) is 72.6 Å². The molecule has 0 bridgehead atoms. The molecule has 0 unspecified atom stereocenters. The van der Waals surface area contributed by atoms with Gasteiger partial charge in [-0.3, -0.25) is 9.59 Å². The van der Waals surface area contributed by atoms with E-state index in [1.807, 2.05) is 32.9 Å². The van der Waals surface area contributed by atoms with Gasteiger partial charge >= 0.3 is 5.97 Å². The summed E-state index contributed by atoms with van der Waals surface area (Å²) in [5.41, 5.74) is 0.625. The Hall–Kier alpha value is -2.15. The van der Waals surface area contributed by atoms with Crippen LogP contribution in [0.4, 0.5) is 0 Å². The average Bonchev–Trinajstić information content (AvgIpc) is 3.09. The highest BCUT2D eigenvalue weighted by atomic mass is 32.1. The fourth-order valence-corrected chi connectivity index (χ4v) is 3.06. The monoisotopic (exact) mass is 336 g/mol. The van der Waals surface area contributed by atoms with Gasteiger partial charge in [0.2, 0.25) is 0 Å². The van der Waals surface area contributed by atoms with E-state index < -0.39 is 5.97 Å². The van der Waals surface area contributed by atoms with Crippen LogP contribution in [-0.4, -0.2) is 41.5 Å². The summed E-state index contributed by atoms with van der Waals surface area (Å²) in [5, 5.41) is 0.653. The maximum Gasteiger partial charge on any atom is 0.325 e. The highest BCUT2D eigenvalue weighted by molar-refractivity contribution is 7.17. The van der Waals surface area contributed by atoms with Crippen LogP contribution in [0.3, 0.4) is 0 Å². The van der Waals surface area contributed by atoms with Gasteiger partial charge in [0.15, 0.2) is 10.8 Å². The first kappa shape index (κ1) is 17.2. The predicted molar refractivity (Wildman–Crippen MR) is 87.5 cm³/mol. The molecule has 2 aromatic rings. The first-order chi connectivity index (χ1) is 10.8. The van der Waals surface area contributed by atoms with Crippen LogP contribution >= 0.6 is 11.3 Å². The van der Waals surface area contributed by atoms with Crippen LogP contribution in [0.5, 0.6) is 0 Å². The number of hydrogen-bond acceptors (Lipinski definition) is 6. The number of amides is 1. The molecule has 1 amide bonds. The van der Waals surface area contributed by atoms with E-state index in [-0.39, 0.29) is 18.5 Å². The van der Waals surface area contributed by atoms with Gasteiger partial charge < -0.3 is 14.1 Å². The van der Waals surface area contributed by atoms with Gasteiger partial charge in [0, 0.05) is 6.04 Å². The maximum absolute atomic E-state index is 12.8. The second-order valence-electron chi connectivity index (χ2n) is 5.45. The van der Waals surface area contributed by atoms with Crippen LogP contribution < -0.4 is 0 Å². The van der Waals surface area contributed by atoms with Gasteiger partial charge in [-0.2, -0.15) is 0 Å². The third-order valence-corrected chi connectivity index (χ3v) is 4.51. The zero-order valence-corrected chi connectivity index (χ0v) is 14.7. The normalized spacial score (nSPS) is 10.9. The molecule has 0 aromatic carbocycles. The van der Waals surface area contributed by atoms with Crippen LogP contribution in [-0.2, 0) is 9.53 Å². The maximum atomic E-state index is 12.8. The molecule has 0 N–H and O–H groups in total. The second kappa shape index (κ2) is 6.95. The minimum atomic E-state index is -0.448. The first-order valence-corrected chi connectivity index (χ1v) is 8.07. The lowest BCUT2D eigenvalue weighted by molar-refractivity contribution is -0.141. The van der Waals surface area contributed by atoms with Crippen LogP contribution in [0.1, 0.15) is 35.0 Å². The fraction of sp³-hybridized carbons (Fsp3) is 0.438. The third-order valence-electron chi connectivity index (χ3n) is 3.35. The molecule has 0 aliphatic rings. The number of nitrogens with zero attached hydrogens (tertiary/aromatic N) is 2. The summed E-state index contributed by atoms with van der Waals surface area (Å²) in [6, 6.07) is 3.55. The number of aryl methyl sites for hydroxylation is 2. The standard InChI is InChI=1S/C16H20N2O4S/c1-9(2)18(8-13(19)21-5)16(20)14-11(4)17-15(23-14)12-7-6-10(3)22-12/h6-7,9H,8H2,1-5H3. The SMILES string of the molecule is COC(=O)CN(C(=O)c1sc(-c2ccc(C)o2)nc1C)C(C)C. The number of methoxy groups -OCH3 is 1. The zero-order valence-electron chi connectivity index (χ0n) is 13.9. The minimum absolute atomic E-state index is 0.0838. The molecule has 0 saturated heterocycles. The molecule has 7 heteroatoms. The van der Waals surface area contributed by atoms with Gasteiger partial charge in [-0.15, -0.1) is 11.3 Å². The number of furan rings is 1. The van der Waals surface area contributed by atoms with Crippen molar-refractivity contribution in [2.45, 2.75) is 33.7 Å². The summed E-state index contributed by atoms with van der Waals surface area (Å²) < 4.78 is 10.2. The van der Waals surface area contributed by atoms with Gasteiger partial charge in [-0.05, 0) is 39.8 Å². The Morgan fingerprint density at radius 2 is 2.04 bits per heavy atom. The molecule has 0 fully saturated rings. The van der Waals surface area contributed by atoms with Crippen LogP contribution in [0, 0.1) is 13.8 Å². The molecule has 6 nitrogen and oxygen atoms in total. The van der Waals surface area contributed by atoms with E-state index in [0.29, 0.717) is 21.3 Å². The van der Waals surface area contributed by atoms with E-state index in [0.717, 1.165) is 5.76 Å². The lowest BCUT2D eigenvalue weighted by Gasteiger charge is -2.25. The quantitative estimate of drug-likeness (QED) is 0.785. The number of thiazole rings is 1. The Labute approximate surface area is 139 Å². The van der Waals surface area contributed by atoms with Crippen molar-refractivity contribution < 1.29 is 18.7 Å². The van der Waals surface area contributed by atoms with Gasteiger partial charge in [-0.1, -0.05) is 0 Å². The molecule has 2 aromatic heterocycles. The largest absolute Gasteiger partial charge is 0.468 e. The molecule has 23 heavy (non-hydrogen) atoms. The molecular weight excluding hydrogens is 316 g/mol. The molecule has 0 spiro atoms. The summed E-state index contributed by atoms with van der Waals surface area (Å²) >= 11 is 1.27. The van der Waals surface area contributed by atoms with E-state index in [4.69, 9.17) is 4.42 Å². The Morgan fingerprint density at radius 3 is 2.57 bits per heavy atom. The highest BCUT2D eigenvalue weighted by Crippen LogP contribution is 2.30. The van der Waals surface area contributed by atoms with Crippen molar-refractivity contribution in [2.24, 2.45) is 0 Å². The molecular formula is C16H20N2O4S. The van der Waals surface area contributed by atoms with Crippen LogP contribution in [0.15, 0.2) is 16.5 Å². The molecule has 0 radical (unpaired) electrons. The minimum Gasteiger partial charge on any atom is -0.468 e. The molecule has 2 rings (SSSR count). The van der Waals surface area contributed by atoms with Crippen LogP contribution in [0.2, 0.25) is 0 Å². The third kappa shape index (κ3) is 3.79. The van der Waals surface area contributed by atoms with Crippen molar-refractivity contribution in [3.63, 3.8) is 0 Å². The molecule has 124 valence electrons. The fourth-order valence-electron chi connectivity index (χ4n) is 2.07. The van der Waals surface area contributed by atoms with E-state index in [9.17, 15) is 9.59 Å². The number of hydrogen-bond donors (Lipinski definition) is 0. The summed E-state index contributed by atoms with van der Waals surface area (Å²) in [4.78, 5) is 30.7. The summed E-state index contributed by atoms with van der Waals surface area (Å²) in [7, 11) is 1.31. The number of esters is 1. The summed E-state index contributed by atoms with van der Waals surface area (Å²) in [6.45, 7) is 7.26. The number of aromatic nitrogens is 1. The Balaban J connectivity index is 2.30. The number of ether oxygens (including phenoxy) is 1. The van der Waals surface area contributed by atoms with Gasteiger partial charge in [-0.25, -0.2) is 4.98 Å². The molecule has 0 atom stereocenters. The number of carbonyl (C=O) groups excluding carboxylic acids is 2. The van der Waals surface area contributed by atoms with Crippen molar-refractivity contribution in [1.29, 1.82) is 0 Å². The van der Waals surface area contributed by atoms with Gasteiger partial charge in [0.1, 0.15) is 17.2 Å². The molecule has 0 aliphatic carbocycles. The first-order valence-electron chi connectivity index (χ1n) is 7.25. The van der Waals surface area contributed by atoms with E-state index in [1.165, 1.54) is 23.3 Å². The lowest BCUT2D eigenvalue weighted by atomic mass is 10.2. The van der Waals surface area contributed by atoms with Crippen molar-refractivity contribution in [3.8, 4) is 10.8 Å². The van der Waals surface area contributed by atoms with E-state index >= 15 is 0 Å². The van der Waals surface area contributed by atoms with E-state index in [2.05, 4.69) is 9.72 Å². The van der Waals surface area contributed by atoms with Crippen molar-refractivity contribution in [3.05, 3.63) is 28.5 Å². The molecule has 0 aliphatic heterocycles. The van der Waals surface area contributed by atoms with Crippen molar-refractivity contribution in [2.75, 3.05) is 13.7 Å². The lowest BCUT2D eigenvalue weighted by Crippen LogP contribution is -2.41. The Bertz CT molecular complexity index is 717. The zero-order chi connectivity index (χ0) is 17.1. The average molecular weight is 336 g/mol. The number of rotatable bonds is 5. The van der Waals surface area contributed by atoms with Crippen molar-refractivity contribution >= 4 is 23.2 Å². The smallest absolute Gasteiger partial charge is 0.325 e. The molecule has 0 saturated carbocycles. The van der Waals surface area contributed by atoms with Gasteiger partial charge in [0.25, 0.3) is 5.91 Å². The highest BCUT2D eigenvalue weighted by Gasteiger charge is 2.26. The van der Waals surface area contributed by atoms with Crippen molar-refractivity contribution in [1.82, 2.24) is 9.88 Å².